The molecule has 0 aliphatic rings. The van der Waals surface area contributed by atoms with Crippen molar-refractivity contribution >= 4 is 45.6 Å². The lowest BCUT2D eigenvalue weighted by molar-refractivity contribution is 0.0929. The minimum absolute atomic E-state index is 0.215. The van der Waals surface area contributed by atoms with Gasteiger partial charge in [0.05, 0.1) is 6.21 Å². The van der Waals surface area contributed by atoms with Gasteiger partial charge < -0.3 is 8.98 Å². The van der Waals surface area contributed by atoms with Gasteiger partial charge in [0.15, 0.2) is 5.76 Å². The standard InChI is InChI=1S/C20H16ClN3O2/c1-12-7-8-17-13(9-12)10-18(26-17)20(25)23-22-11-15-14-5-3-4-6-16(14)24(2)19(15)21/h3-11H,1-2H3,(H,23,25)/b22-11+. The molecule has 0 unspecified atom stereocenters. The lowest BCUT2D eigenvalue weighted by atomic mass is 10.2. The number of hydrogen-bond acceptors (Lipinski definition) is 3. The summed E-state index contributed by atoms with van der Waals surface area (Å²) in [5.41, 5.74) is 6.02. The molecule has 5 nitrogen and oxygen atoms in total. The van der Waals surface area contributed by atoms with E-state index >= 15 is 0 Å². The highest BCUT2D eigenvalue weighted by Crippen LogP contribution is 2.27. The van der Waals surface area contributed by atoms with Crippen molar-refractivity contribution in [2.75, 3.05) is 0 Å². The minimum atomic E-state index is -0.411. The summed E-state index contributed by atoms with van der Waals surface area (Å²) in [7, 11) is 1.89. The number of carbonyl (C=O) groups is 1. The van der Waals surface area contributed by atoms with Gasteiger partial charge in [0, 0.05) is 28.9 Å². The predicted molar refractivity (Wildman–Crippen MR) is 104 cm³/mol. The third-order valence-corrected chi connectivity index (χ3v) is 4.78. The van der Waals surface area contributed by atoms with Gasteiger partial charge in [-0.3, -0.25) is 4.79 Å². The number of amides is 1. The molecule has 2 aromatic heterocycles. The second-order valence-electron chi connectivity index (χ2n) is 6.13. The minimum Gasteiger partial charge on any atom is -0.451 e. The molecule has 0 fully saturated rings. The van der Waals surface area contributed by atoms with E-state index in [0.29, 0.717) is 10.7 Å². The molecule has 0 aliphatic heterocycles. The number of nitrogens with zero attached hydrogens (tertiary/aromatic N) is 2. The van der Waals surface area contributed by atoms with Gasteiger partial charge in [-0.1, -0.05) is 41.4 Å². The molecule has 4 aromatic rings. The first-order valence-electron chi connectivity index (χ1n) is 8.11. The van der Waals surface area contributed by atoms with Crippen LogP contribution in [0.3, 0.4) is 0 Å². The highest BCUT2D eigenvalue weighted by Gasteiger charge is 2.13. The smallest absolute Gasteiger partial charge is 0.307 e. The molecule has 6 heteroatoms. The monoisotopic (exact) mass is 365 g/mol. The lowest BCUT2D eigenvalue weighted by Gasteiger charge is -1.96. The maximum atomic E-state index is 12.3. The first-order chi connectivity index (χ1) is 12.5. The van der Waals surface area contributed by atoms with Crippen LogP contribution in [-0.2, 0) is 7.05 Å². The molecule has 26 heavy (non-hydrogen) atoms. The molecule has 2 heterocycles. The molecule has 2 aromatic carbocycles. The number of fused-ring (bicyclic) bond motifs is 2. The zero-order chi connectivity index (χ0) is 18.3. The van der Waals surface area contributed by atoms with Crippen molar-refractivity contribution in [2.45, 2.75) is 6.92 Å². The Morgan fingerprint density at radius 2 is 2.04 bits per heavy atom. The Morgan fingerprint density at radius 1 is 1.23 bits per heavy atom. The normalized spacial score (nSPS) is 11.7. The van der Waals surface area contributed by atoms with Crippen molar-refractivity contribution < 1.29 is 9.21 Å². The molecule has 0 radical (unpaired) electrons. The summed E-state index contributed by atoms with van der Waals surface area (Å²) in [6, 6.07) is 15.3. The average Bonchev–Trinajstić information content (AvgIpc) is 3.16. The number of carbonyl (C=O) groups excluding carboxylic acids is 1. The van der Waals surface area contributed by atoms with Crippen molar-refractivity contribution in [1.82, 2.24) is 9.99 Å². The molecule has 0 atom stereocenters. The van der Waals surface area contributed by atoms with Crippen LogP contribution in [-0.4, -0.2) is 16.7 Å². The Labute approximate surface area is 154 Å². The summed E-state index contributed by atoms with van der Waals surface area (Å²) in [4.78, 5) is 12.3. The molecular weight excluding hydrogens is 350 g/mol. The SMILES string of the molecule is Cc1ccc2oc(C(=O)N/N=C/c3c(Cl)n(C)c4ccccc34)cc2c1. The highest BCUT2D eigenvalue weighted by atomic mass is 35.5. The van der Waals surface area contributed by atoms with Gasteiger partial charge in [-0.15, -0.1) is 0 Å². The number of nitrogens with one attached hydrogen (secondary N) is 1. The van der Waals surface area contributed by atoms with Crippen LogP contribution in [0, 0.1) is 6.92 Å². The van der Waals surface area contributed by atoms with Crippen LogP contribution >= 0.6 is 11.6 Å². The summed E-state index contributed by atoms with van der Waals surface area (Å²) < 4.78 is 7.45. The van der Waals surface area contributed by atoms with E-state index in [1.165, 1.54) is 0 Å². The Hall–Kier alpha value is -3.05. The van der Waals surface area contributed by atoms with Crippen molar-refractivity contribution in [3.8, 4) is 0 Å². The van der Waals surface area contributed by atoms with Crippen LogP contribution in [0.5, 0.6) is 0 Å². The first kappa shape index (κ1) is 16.4. The maximum Gasteiger partial charge on any atom is 0.307 e. The van der Waals surface area contributed by atoms with Crippen LogP contribution in [0.15, 0.2) is 58.0 Å². The van der Waals surface area contributed by atoms with Gasteiger partial charge in [0.2, 0.25) is 0 Å². The van der Waals surface area contributed by atoms with E-state index in [1.54, 1.807) is 12.3 Å². The first-order valence-corrected chi connectivity index (χ1v) is 8.49. The summed E-state index contributed by atoms with van der Waals surface area (Å²) in [6.45, 7) is 1.99. The topological polar surface area (TPSA) is 59.5 Å². The number of para-hydroxylation sites is 1. The fraction of sp³-hybridized carbons (Fsp3) is 0.100. The Kier molecular flexibility index (Phi) is 4.01. The van der Waals surface area contributed by atoms with Crippen molar-refractivity contribution in [2.24, 2.45) is 12.1 Å². The van der Waals surface area contributed by atoms with Crippen LogP contribution in [0.25, 0.3) is 21.9 Å². The summed E-state index contributed by atoms with van der Waals surface area (Å²) in [5.74, 6) is -0.196. The molecule has 0 saturated heterocycles. The van der Waals surface area contributed by atoms with Crippen LogP contribution in [0.1, 0.15) is 21.7 Å². The summed E-state index contributed by atoms with van der Waals surface area (Å²) in [5, 5.41) is 6.46. The van der Waals surface area contributed by atoms with Crippen LogP contribution in [0.2, 0.25) is 5.15 Å². The second-order valence-corrected chi connectivity index (χ2v) is 6.49. The van der Waals surface area contributed by atoms with E-state index in [1.807, 2.05) is 61.0 Å². The molecule has 1 N–H and O–H groups in total. The summed E-state index contributed by atoms with van der Waals surface area (Å²) in [6.07, 6.45) is 1.55. The quantitative estimate of drug-likeness (QED) is 0.424. The molecule has 130 valence electrons. The van der Waals surface area contributed by atoms with E-state index in [0.717, 1.165) is 27.4 Å². The molecule has 4 rings (SSSR count). The third-order valence-electron chi connectivity index (χ3n) is 4.33. The fourth-order valence-corrected chi connectivity index (χ4v) is 3.24. The van der Waals surface area contributed by atoms with Crippen LogP contribution < -0.4 is 5.43 Å². The number of aryl methyl sites for hydroxylation is 2. The molecule has 0 bridgehead atoms. The Bertz CT molecular complexity index is 1170. The van der Waals surface area contributed by atoms with Crippen molar-refractivity contribution in [3.05, 3.63) is 70.6 Å². The number of aromatic nitrogens is 1. The van der Waals surface area contributed by atoms with Gasteiger partial charge in [-0.2, -0.15) is 5.10 Å². The molecule has 0 aliphatic carbocycles. The third kappa shape index (κ3) is 2.76. The largest absolute Gasteiger partial charge is 0.451 e. The van der Waals surface area contributed by atoms with Crippen LogP contribution in [0.4, 0.5) is 0 Å². The fourth-order valence-electron chi connectivity index (χ4n) is 3.00. The van der Waals surface area contributed by atoms with E-state index in [4.69, 9.17) is 16.0 Å². The van der Waals surface area contributed by atoms with Gasteiger partial charge >= 0.3 is 5.91 Å². The number of hydrazone groups is 1. The zero-order valence-corrected chi connectivity index (χ0v) is 15.0. The van der Waals surface area contributed by atoms with E-state index in [-0.39, 0.29) is 5.76 Å². The van der Waals surface area contributed by atoms with Crippen molar-refractivity contribution in [1.29, 1.82) is 0 Å². The number of hydrogen-bond donors (Lipinski definition) is 1. The van der Waals surface area contributed by atoms with Gasteiger partial charge in [-0.05, 0) is 31.2 Å². The highest BCUT2D eigenvalue weighted by molar-refractivity contribution is 6.34. The number of benzene rings is 2. The molecule has 0 spiro atoms. The maximum absolute atomic E-state index is 12.3. The zero-order valence-electron chi connectivity index (χ0n) is 14.3. The number of furan rings is 1. The van der Waals surface area contributed by atoms with E-state index in [2.05, 4.69) is 10.5 Å². The molecule has 0 saturated carbocycles. The number of rotatable bonds is 3. The average molecular weight is 366 g/mol. The second kappa shape index (κ2) is 6.35. The molecular formula is C20H16ClN3O2. The van der Waals surface area contributed by atoms with Crippen molar-refractivity contribution in [3.63, 3.8) is 0 Å². The summed E-state index contributed by atoms with van der Waals surface area (Å²) >= 11 is 6.38. The Morgan fingerprint density at radius 3 is 2.88 bits per heavy atom. The van der Waals surface area contributed by atoms with Gasteiger partial charge in [0.1, 0.15) is 10.7 Å². The predicted octanol–water partition coefficient (Wildman–Crippen LogP) is 4.65. The lowest BCUT2D eigenvalue weighted by Crippen LogP contribution is -2.16. The Balaban J connectivity index is 1.58. The van der Waals surface area contributed by atoms with E-state index < -0.39 is 5.91 Å². The number of halogens is 1. The van der Waals surface area contributed by atoms with E-state index in [9.17, 15) is 4.79 Å². The van der Waals surface area contributed by atoms with Gasteiger partial charge in [0.25, 0.3) is 0 Å². The van der Waals surface area contributed by atoms with Gasteiger partial charge in [-0.25, -0.2) is 5.43 Å². The molecule has 1 amide bonds.